The summed E-state index contributed by atoms with van der Waals surface area (Å²) in [6, 6.07) is 27.8. The van der Waals surface area contributed by atoms with E-state index in [9.17, 15) is 30.2 Å². The lowest BCUT2D eigenvalue weighted by atomic mass is 9.94. The molecule has 0 unspecified atom stereocenters. The Labute approximate surface area is 357 Å². The van der Waals surface area contributed by atoms with Crippen LogP contribution in [0.15, 0.2) is 89.5 Å². The Bertz CT molecular complexity index is 2090. The monoisotopic (exact) mass is 826 g/mol. The fourth-order valence-electron chi connectivity index (χ4n) is 6.56. The molecule has 14 heteroatoms. The summed E-state index contributed by atoms with van der Waals surface area (Å²) in [7, 11) is 0. The summed E-state index contributed by atoms with van der Waals surface area (Å²) in [6.45, 7) is 11.4. The highest BCUT2D eigenvalue weighted by Gasteiger charge is 2.32. The maximum Gasteiger partial charge on any atom is 0.348 e. The van der Waals surface area contributed by atoms with Crippen molar-refractivity contribution >= 4 is 53.2 Å². The van der Waals surface area contributed by atoms with Crippen LogP contribution in [0.4, 0.5) is 17.1 Å². The smallest absolute Gasteiger partial charge is 0.348 e. The molecule has 0 atom stereocenters. The first-order valence-corrected chi connectivity index (χ1v) is 20.2. The van der Waals surface area contributed by atoms with Crippen molar-refractivity contribution in [1.82, 2.24) is 0 Å². The third-order valence-electron chi connectivity index (χ3n) is 10.2. The number of carbonyl (C=O) groups is 3. The van der Waals surface area contributed by atoms with Crippen LogP contribution in [0.3, 0.4) is 0 Å². The molecule has 2 heterocycles. The first-order chi connectivity index (χ1) is 29.6. The van der Waals surface area contributed by atoms with Crippen molar-refractivity contribution in [3.63, 3.8) is 0 Å². The predicted molar refractivity (Wildman–Crippen MR) is 231 cm³/mol. The van der Waals surface area contributed by atoms with Crippen LogP contribution in [0.1, 0.15) is 37.5 Å². The van der Waals surface area contributed by atoms with Crippen molar-refractivity contribution in [2.45, 2.75) is 20.8 Å². The molecule has 2 saturated heterocycles. The van der Waals surface area contributed by atoms with E-state index in [2.05, 4.69) is 14.7 Å². The van der Waals surface area contributed by atoms with Crippen LogP contribution in [0.25, 0.3) is 18.2 Å². The van der Waals surface area contributed by atoms with Crippen LogP contribution in [-0.4, -0.2) is 103 Å². The van der Waals surface area contributed by atoms with Gasteiger partial charge in [0, 0.05) is 56.3 Å². The zero-order chi connectivity index (χ0) is 43.6. The molecule has 0 spiro atoms. The van der Waals surface area contributed by atoms with Crippen molar-refractivity contribution in [1.29, 1.82) is 15.8 Å². The zero-order valence-corrected chi connectivity index (χ0v) is 34.8. The summed E-state index contributed by atoms with van der Waals surface area (Å²) in [4.78, 5) is 46.4. The Morgan fingerprint density at radius 2 is 0.902 bits per heavy atom. The normalized spacial score (nSPS) is 14.9. The van der Waals surface area contributed by atoms with Crippen molar-refractivity contribution < 1.29 is 38.1 Å². The SMILES string of the molecule is CCN(CC)c1ccc(/C=C(\C#N)C(=O)OCC(C)(COC(=O)/C(C#N)=C/c2ccc(N3CCOCC3)cc2)COC(=O)/C(C#N)=C/c2ccc(N3CCOCC3)cc2)cc1. The molecule has 5 rings (SSSR count). The number of carbonyl (C=O) groups excluding carboxylic acids is 3. The molecule has 14 nitrogen and oxygen atoms in total. The molecule has 0 aromatic heterocycles. The second-order valence-electron chi connectivity index (χ2n) is 14.7. The van der Waals surface area contributed by atoms with E-state index in [1.165, 1.54) is 18.2 Å². The number of hydrogen-bond acceptors (Lipinski definition) is 14. The van der Waals surface area contributed by atoms with E-state index in [-0.39, 0.29) is 16.7 Å². The van der Waals surface area contributed by atoms with Crippen molar-refractivity contribution in [2.24, 2.45) is 5.41 Å². The second-order valence-corrected chi connectivity index (χ2v) is 14.7. The Morgan fingerprint density at radius 3 is 1.20 bits per heavy atom. The minimum absolute atomic E-state index is 0.282. The lowest BCUT2D eigenvalue weighted by molar-refractivity contribution is -0.155. The third-order valence-corrected chi connectivity index (χ3v) is 10.2. The summed E-state index contributed by atoms with van der Waals surface area (Å²) < 4.78 is 27.6. The van der Waals surface area contributed by atoms with Gasteiger partial charge in [0.05, 0.1) is 31.8 Å². The molecule has 3 aromatic carbocycles. The Balaban J connectivity index is 1.30. The van der Waals surface area contributed by atoms with Crippen LogP contribution >= 0.6 is 0 Å². The van der Waals surface area contributed by atoms with Gasteiger partial charge >= 0.3 is 17.9 Å². The van der Waals surface area contributed by atoms with Gasteiger partial charge in [-0.05, 0) is 92.1 Å². The number of nitrogens with zero attached hydrogens (tertiary/aromatic N) is 6. The number of rotatable bonds is 17. The van der Waals surface area contributed by atoms with Crippen LogP contribution < -0.4 is 14.7 Å². The van der Waals surface area contributed by atoms with Crippen LogP contribution in [0.2, 0.25) is 0 Å². The molecule has 316 valence electrons. The molecule has 3 aromatic rings. The summed E-state index contributed by atoms with van der Waals surface area (Å²) >= 11 is 0. The van der Waals surface area contributed by atoms with Gasteiger partial charge in [0.2, 0.25) is 0 Å². The van der Waals surface area contributed by atoms with Gasteiger partial charge in [-0.3, -0.25) is 0 Å². The van der Waals surface area contributed by atoms with Crippen molar-refractivity contribution in [2.75, 3.05) is 100 Å². The molecule has 2 aliphatic heterocycles. The van der Waals surface area contributed by atoms with E-state index in [0.717, 1.165) is 56.3 Å². The summed E-state index contributed by atoms with van der Waals surface area (Å²) in [6.07, 6.45) is 4.21. The van der Waals surface area contributed by atoms with Crippen LogP contribution in [0, 0.1) is 39.4 Å². The van der Waals surface area contributed by atoms with Gasteiger partial charge in [-0.25, -0.2) is 14.4 Å². The molecule has 2 fully saturated rings. The number of ether oxygens (including phenoxy) is 5. The maximum absolute atomic E-state index is 13.3. The molecule has 2 aliphatic rings. The maximum atomic E-state index is 13.3. The number of nitriles is 3. The van der Waals surface area contributed by atoms with E-state index in [4.69, 9.17) is 23.7 Å². The average Bonchev–Trinajstić information content (AvgIpc) is 3.31. The predicted octanol–water partition coefficient (Wildman–Crippen LogP) is 5.96. The average molecular weight is 827 g/mol. The first kappa shape index (κ1) is 45.2. The van der Waals surface area contributed by atoms with E-state index in [1.54, 1.807) is 43.3 Å². The Kier molecular flexibility index (Phi) is 16.6. The minimum Gasteiger partial charge on any atom is -0.461 e. The summed E-state index contributed by atoms with van der Waals surface area (Å²) in [5, 5.41) is 29.7. The highest BCUT2D eigenvalue weighted by Crippen LogP contribution is 2.24. The van der Waals surface area contributed by atoms with Crippen molar-refractivity contribution in [3.05, 3.63) is 106 Å². The molecule has 0 bridgehead atoms. The number of morpholine rings is 2. The fraction of sp³-hybridized carbons (Fsp3) is 0.362. The van der Waals surface area contributed by atoms with Gasteiger partial charge in [-0.1, -0.05) is 36.4 Å². The van der Waals surface area contributed by atoms with E-state index in [1.807, 2.05) is 68.5 Å². The van der Waals surface area contributed by atoms with Gasteiger partial charge in [0.15, 0.2) is 0 Å². The molecule has 0 radical (unpaired) electrons. The number of esters is 3. The quantitative estimate of drug-likeness (QED) is 0.0673. The van der Waals surface area contributed by atoms with Gasteiger partial charge < -0.3 is 38.4 Å². The second kappa shape index (κ2) is 22.5. The molecule has 0 aliphatic carbocycles. The third kappa shape index (κ3) is 13.0. The van der Waals surface area contributed by atoms with E-state index < -0.39 is 43.1 Å². The topological polar surface area (TPSA) is 178 Å². The van der Waals surface area contributed by atoms with Gasteiger partial charge in [0.1, 0.15) is 54.7 Å². The Morgan fingerprint density at radius 1 is 0.590 bits per heavy atom. The number of hydrogen-bond donors (Lipinski definition) is 0. The summed E-state index contributed by atoms with van der Waals surface area (Å²) in [5.41, 5.74) is 2.54. The first-order valence-electron chi connectivity index (χ1n) is 20.2. The lowest BCUT2D eigenvalue weighted by Gasteiger charge is -2.28. The van der Waals surface area contributed by atoms with Crippen molar-refractivity contribution in [3.8, 4) is 18.2 Å². The van der Waals surface area contributed by atoms with Gasteiger partial charge in [-0.2, -0.15) is 15.8 Å². The lowest BCUT2D eigenvalue weighted by Crippen LogP contribution is -2.37. The molecule has 61 heavy (non-hydrogen) atoms. The van der Waals surface area contributed by atoms with E-state index in [0.29, 0.717) is 43.1 Å². The summed E-state index contributed by atoms with van der Waals surface area (Å²) in [5.74, 6) is -2.85. The van der Waals surface area contributed by atoms with Crippen LogP contribution in [0.5, 0.6) is 0 Å². The van der Waals surface area contributed by atoms with Crippen LogP contribution in [-0.2, 0) is 38.1 Å². The number of benzene rings is 3. The molecule has 0 amide bonds. The standard InChI is InChI=1S/C47H50N6O8/c1-4-51(5-2)41-12-6-35(7-13-41)26-38(29-48)44(54)59-32-47(3,33-60-45(55)39(30-49)27-36-8-14-42(15-9-36)52-18-22-57-23-19-52)34-61-46(56)40(31-50)28-37-10-16-43(17-11-37)53-20-24-58-25-21-53/h6-17,26-28H,4-5,18-25,32-34H2,1-3H3/b38-26+,39-27+,40-28+. The van der Waals surface area contributed by atoms with E-state index >= 15 is 0 Å². The minimum atomic E-state index is -1.38. The molecular weight excluding hydrogens is 777 g/mol. The molecule has 0 saturated carbocycles. The van der Waals surface area contributed by atoms with Gasteiger partial charge in [0.25, 0.3) is 0 Å². The van der Waals surface area contributed by atoms with Gasteiger partial charge in [-0.15, -0.1) is 0 Å². The molecule has 0 N–H and O–H groups in total. The highest BCUT2D eigenvalue weighted by molar-refractivity contribution is 5.99. The Hall–Kier alpha value is -6.92. The number of anilines is 3. The highest BCUT2D eigenvalue weighted by atomic mass is 16.6. The zero-order valence-electron chi connectivity index (χ0n) is 34.8. The fourth-order valence-corrected chi connectivity index (χ4v) is 6.56. The molecular formula is C47H50N6O8. The largest absolute Gasteiger partial charge is 0.461 e.